The van der Waals surface area contributed by atoms with Crippen LogP contribution in [0.15, 0.2) is 46.9 Å². The fourth-order valence-corrected chi connectivity index (χ4v) is 3.21. The average Bonchev–Trinajstić information content (AvgIpc) is 3.19. The Kier molecular flexibility index (Phi) is 7.02. The molecule has 1 atom stereocenters. The van der Waals surface area contributed by atoms with Gasteiger partial charge in [0.2, 0.25) is 17.6 Å². The Morgan fingerprint density at radius 2 is 2.03 bits per heavy atom. The number of nitrogens with zero attached hydrogens (tertiary/aromatic N) is 1. The minimum absolute atomic E-state index is 0.0457. The molecule has 1 aromatic carbocycles. The fourth-order valence-electron chi connectivity index (χ4n) is 3.21. The van der Waals surface area contributed by atoms with Gasteiger partial charge in [-0.05, 0) is 24.6 Å². The number of furan rings is 1. The van der Waals surface area contributed by atoms with Crippen LogP contribution in [0, 0.1) is 0 Å². The second kappa shape index (κ2) is 9.88. The number of hydrogen-bond acceptors (Lipinski definition) is 6. The van der Waals surface area contributed by atoms with Crippen LogP contribution in [0.4, 0.5) is 0 Å². The smallest absolute Gasteiger partial charge is 0.374 e. The Morgan fingerprint density at radius 1 is 1.24 bits per heavy atom. The minimum Gasteiger partial charge on any atom is -0.460 e. The molecule has 1 aliphatic rings. The van der Waals surface area contributed by atoms with Crippen molar-refractivity contribution in [2.75, 3.05) is 19.7 Å². The van der Waals surface area contributed by atoms with Gasteiger partial charge in [0.05, 0.1) is 25.6 Å². The third kappa shape index (κ3) is 5.68. The van der Waals surface area contributed by atoms with Crippen molar-refractivity contribution in [2.45, 2.75) is 32.5 Å². The van der Waals surface area contributed by atoms with Crippen LogP contribution in [-0.2, 0) is 27.4 Å². The summed E-state index contributed by atoms with van der Waals surface area (Å²) in [6.45, 7) is 3.95. The molecule has 2 heterocycles. The van der Waals surface area contributed by atoms with Crippen molar-refractivity contribution in [3.8, 4) is 0 Å². The van der Waals surface area contributed by atoms with Crippen LogP contribution >= 0.6 is 0 Å². The zero-order valence-electron chi connectivity index (χ0n) is 16.3. The van der Waals surface area contributed by atoms with E-state index < -0.39 is 12.0 Å². The lowest BCUT2D eigenvalue weighted by Gasteiger charge is -2.34. The molecule has 1 fully saturated rings. The third-order valence-electron chi connectivity index (χ3n) is 4.65. The summed E-state index contributed by atoms with van der Waals surface area (Å²) in [4.78, 5) is 38.4. The highest BCUT2D eigenvalue weighted by Crippen LogP contribution is 2.14. The number of esters is 1. The van der Waals surface area contributed by atoms with Crippen molar-refractivity contribution in [1.29, 1.82) is 0 Å². The van der Waals surface area contributed by atoms with Crippen LogP contribution in [0.2, 0.25) is 0 Å². The molecule has 1 saturated heterocycles. The molecule has 0 radical (unpaired) electrons. The van der Waals surface area contributed by atoms with Crippen LogP contribution in [0.3, 0.4) is 0 Å². The maximum atomic E-state index is 12.4. The average molecular weight is 399 g/mol. The maximum absolute atomic E-state index is 12.4. The molecule has 8 heteroatoms. The van der Waals surface area contributed by atoms with Crippen LogP contribution in [-0.4, -0.2) is 48.4 Å². The monoisotopic (exact) mass is 399 g/mol. The second-order valence-corrected chi connectivity index (χ2v) is 6.73. The lowest BCUT2D eigenvalue weighted by Crippen LogP contribution is -2.56. The van der Waals surface area contributed by atoms with E-state index in [0.717, 1.165) is 5.56 Å². The molecule has 0 bridgehead atoms. The number of ether oxygens (including phenoxy) is 1. The summed E-state index contributed by atoms with van der Waals surface area (Å²) in [5.41, 5.74) is 1.09. The quantitative estimate of drug-likeness (QED) is 0.652. The van der Waals surface area contributed by atoms with Gasteiger partial charge in [0.15, 0.2) is 0 Å². The highest BCUT2D eigenvalue weighted by atomic mass is 16.5. The van der Waals surface area contributed by atoms with Gasteiger partial charge in [0.25, 0.3) is 0 Å². The molecule has 154 valence electrons. The van der Waals surface area contributed by atoms with E-state index in [9.17, 15) is 14.4 Å². The highest BCUT2D eigenvalue weighted by Gasteiger charge is 2.31. The first-order chi connectivity index (χ1) is 14.1. The van der Waals surface area contributed by atoms with E-state index in [4.69, 9.17) is 9.15 Å². The zero-order chi connectivity index (χ0) is 20.6. The van der Waals surface area contributed by atoms with Crippen molar-refractivity contribution in [2.24, 2.45) is 0 Å². The first-order valence-corrected chi connectivity index (χ1v) is 9.65. The van der Waals surface area contributed by atoms with Gasteiger partial charge in [-0.25, -0.2) is 4.79 Å². The van der Waals surface area contributed by atoms with Crippen LogP contribution in [0.5, 0.6) is 0 Å². The van der Waals surface area contributed by atoms with E-state index >= 15 is 0 Å². The number of carbonyl (C=O) groups excluding carboxylic acids is 3. The number of hydrogen-bond donors (Lipinski definition) is 2. The summed E-state index contributed by atoms with van der Waals surface area (Å²) in [7, 11) is 0. The topological polar surface area (TPSA) is 101 Å². The Labute approximate surface area is 169 Å². The van der Waals surface area contributed by atoms with E-state index in [0.29, 0.717) is 25.4 Å². The van der Waals surface area contributed by atoms with Crippen molar-refractivity contribution in [1.82, 2.24) is 15.5 Å². The molecular formula is C21H25N3O5. The van der Waals surface area contributed by atoms with Crippen LogP contribution in [0.1, 0.15) is 35.2 Å². The van der Waals surface area contributed by atoms with Gasteiger partial charge in [-0.3, -0.25) is 14.5 Å². The molecule has 0 aliphatic carbocycles. The molecule has 3 rings (SSSR count). The number of amides is 2. The van der Waals surface area contributed by atoms with E-state index in [1.807, 2.05) is 35.2 Å². The summed E-state index contributed by atoms with van der Waals surface area (Å²) in [6.07, 6.45) is 0.0457. The SMILES string of the molecule is CCOC(=O)c1ccc(CNC(=O)C[C@H]2C(=O)NCCN2Cc2ccccc2)o1. The molecule has 2 amide bonds. The van der Waals surface area contributed by atoms with Crippen molar-refractivity contribution < 1.29 is 23.5 Å². The molecular weight excluding hydrogens is 374 g/mol. The van der Waals surface area contributed by atoms with Gasteiger partial charge in [-0.15, -0.1) is 0 Å². The van der Waals surface area contributed by atoms with Gasteiger partial charge in [0.1, 0.15) is 5.76 Å². The molecule has 1 aromatic heterocycles. The van der Waals surface area contributed by atoms with Crippen LogP contribution < -0.4 is 10.6 Å². The molecule has 29 heavy (non-hydrogen) atoms. The molecule has 2 N–H and O–H groups in total. The largest absolute Gasteiger partial charge is 0.460 e. The third-order valence-corrected chi connectivity index (χ3v) is 4.65. The summed E-state index contributed by atoms with van der Waals surface area (Å²) >= 11 is 0. The number of benzene rings is 1. The van der Waals surface area contributed by atoms with Crippen LogP contribution in [0.25, 0.3) is 0 Å². The maximum Gasteiger partial charge on any atom is 0.374 e. The number of nitrogens with one attached hydrogen (secondary N) is 2. The normalized spacial score (nSPS) is 16.9. The predicted octanol–water partition coefficient (Wildman–Crippen LogP) is 1.46. The molecule has 8 nitrogen and oxygen atoms in total. The molecule has 0 saturated carbocycles. The van der Waals surface area contributed by atoms with E-state index in [1.54, 1.807) is 13.0 Å². The molecule has 0 spiro atoms. The van der Waals surface area contributed by atoms with E-state index in [1.165, 1.54) is 6.07 Å². The van der Waals surface area contributed by atoms with Gasteiger partial charge >= 0.3 is 5.97 Å². The van der Waals surface area contributed by atoms with Crippen molar-refractivity contribution in [3.05, 3.63) is 59.5 Å². The predicted molar refractivity (Wildman–Crippen MR) is 105 cm³/mol. The molecule has 2 aromatic rings. The standard InChI is InChI=1S/C21H25N3O5/c1-2-28-21(27)18-9-8-16(29-18)13-23-19(25)12-17-20(26)22-10-11-24(17)14-15-6-4-3-5-7-15/h3-9,17H,2,10-14H2,1H3,(H,22,26)(H,23,25)/t17-/m0/s1. The summed E-state index contributed by atoms with van der Waals surface area (Å²) in [6, 6.07) is 12.4. The Balaban J connectivity index is 1.55. The number of rotatable bonds is 8. The van der Waals surface area contributed by atoms with Gasteiger partial charge in [0, 0.05) is 19.6 Å². The Hall–Kier alpha value is -3.13. The van der Waals surface area contributed by atoms with Gasteiger partial charge < -0.3 is 19.8 Å². The summed E-state index contributed by atoms with van der Waals surface area (Å²) in [5, 5.41) is 5.57. The number of carbonyl (C=O) groups is 3. The summed E-state index contributed by atoms with van der Waals surface area (Å²) in [5.74, 6) is -0.419. The Bertz CT molecular complexity index is 849. The Morgan fingerprint density at radius 3 is 2.79 bits per heavy atom. The van der Waals surface area contributed by atoms with E-state index in [2.05, 4.69) is 10.6 Å². The van der Waals surface area contributed by atoms with E-state index in [-0.39, 0.29) is 37.1 Å². The lowest BCUT2D eigenvalue weighted by molar-refractivity contribution is -0.134. The zero-order valence-corrected chi connectivity index (χ0v) is 16.3. The second-order valence-electron chi connectivity index (χ2n) is 6.73. The molecule has 1 aliphatic heterocycles. The first kappa shape index (κ1) is 20.6. The van der Waals surface area contributed by atoms with Crippen molar-refractivity contribution in [3.63, 3.8) is 0 Å². The first-order valence-electron chi connectivity index (χ1n) is 9.65. The number of piperazine rings is 1. The summed E-state index contributed by atoms with van der Waals surface area (Å²) < 4.78 is 10.3. The minimum atomic E-state index is -0.541. The highest BCUT2D eigenvalue weighted by molar-refractivity contribution is 5.89. The fraction of sp³-hybridized carbons (Fsp3) is 0.381. The van der Waals surface area contributed by atoms with Gasteiger partial charge in [-0.2, -0.15) is 0 Å². The van der Waals surface area contributed by atoms with Crippen molar-refractivity contribution >= 4 is 17.8 Å². The lowest BCUT2D eigenvalue weighted by atomic mass is 10.1. The van der Waals surface area contributed by atoms with Gasteiger partial charge in [-0.1, -0.05) is 30.3 Å². The molecule has 0 unspecified atom stereocenters.